The summed E-state index contributed by atoms with van der Waals surface area (Å²) in [5.74, 6) is -0.637. The van der Waals surface area contributed by atoms with Crippen LogP contribution < -0.4 is 5.32 Å². The molecule has 0 saturated heterocycles. The van der Waals surface area contributed by atoms with Crippen LogP contribution in [0.5, 0.6) is 0 Å². The number of carbonyl (C=O) groups excluding carboxylic acids is 1. The zero-order valence-corrected chi connectivity index (χ0v) is 15.7. The van der Waals surface area contributed by atoms with E-state index in [1.54, 1.807) is 37.3 Å². The third kappa shape index (κ3) is 4.00. The third-order valence-corrected chi connectivity index (χ3v) is 6.09. The topological polar surface area (TPSA) is 63.2 Å². The molecular formula is C19H16FNO3S2. The second kappa shape index (κ2) is 7.01. The minimum atomic E-state index is -3.36. The van der Waals surface area contributed by atoms with Crippen molar-refractivity contribution in [2.75, 3.05) is 11.6 Å². The minimum absolute atomic E-state index is 0.150. The Labute approximate surface area is 155 Å². The molecule has 2 aromatic carbocycles. The first-order valence-electron chi connectivity index (χ1n) is 7.72. The molecule has 4 nitrogen and oxygen atoms in total. The highest BCUT2D eigenvalue weighted by Crippen LogP contribution is 2.29. The number of hydrogen-bond donors (Lipinski definition) is 1. The van der Waals surface area contributed by atoms with Gasteiger partial charge in [0.1, 0.15) is 5.82 Å². The van der Waals surface area contributed by atoms with E-state index in [4.69, 9.17) is 0 Å². The zero-order chi connectivity index (χ0) is 18.9. The second-order valence-corrected chi connectivity index (χ2v) is 8.97. The predicted octanol–water partition coefficient (Wildman–Crippen LogP) is 4.52. The summed E-state index contributed by atoms with van der Waals surface area (Å²) in [5.41, 5.74) is 2.04. The lowest BCUT2D eigenvalue weighted by Gasteiger charge is -2.09. The van der Waals surface area contributed by atoms with Crippen LogP contribution in [0.25, 0.3) is 10.4 Å². The van der Waals surface area contributed by atoms with Crippen molar-refractivity contribution in [1.29, 1.82) is 0 Å². The van der Waals surface area contributed by atoms with Gasteiger partial charge in [-0.05, 0) is 54.4 Å². The molecule has 0 aliphatic carbocycles. The lowest BCUT2D eigenvalue weighted by atomic mass is 10.2. The summed E-state index contributed by atoms with van der Waals surface area (Å²) in [7, 11) is -3.36. The van der Waals surface area contributed by atoms with Crippen LogP contribution in [-0.2, 0) is 9.84 Å². The fourth-order valence-electron chi connectivity index (χ4n) is 2.38. The van der Waals surface area contributed by atoms with Gasteiger partial charge in [0.15, 0.2) is 9.84 Å². The van der Waals surface area contributed by atoms with Gasteiger partial charge in [-0.25, -0.2) is 12.8 Å². The molecule has 3 aromatic rings. The highest BCUT2D eigenvalue weighted by atomic mass is 32.2. The predicted molar refractivity (Wildman–Crippen MR) is 102 cm³/mol. The van der Waals surface area contributed by atoms with Gasteiger partial charge in [-0.3, -0.25) is 4.79 Å². The lowest BCUT2D eigenvalue weighted by Crippen LogP contribution is -2.12. The molecule has 0 atom stereocenters. The number of sulfone groups is 1. The number of hydrogen-bond acceptors (Lipinski definition) is 4. The number of rotatable bonds is 4. The summed E-state index contributed by atoms with van der Waals surface area (Å²) in [6.45, 7) is 1.79. The maximum absolute atomic E-state index is 13.0. The molecule has 0 fully saturated rings. The van der Waals surface area contributed by atoms with Crippen molar-refractivity contribution < 1.29 is 17.6 Å². The standard InChI is InChI=1S/C19H16FNO3S2/c1-12-3-8-15(26(2,23)24)11-16(12)21-19(22)18-10-9-17(25-18)13-4-6-14(20)7-5-13/h3-11H,1-2H3,(H,21,22). The quantitative estimate of drug-likeness (QED) is 0.714. The second-order valence-electron chi connectivity index (χ2n) is 5.87. The van der Waals surface area contributed by atoms with E-state index in [0.29, 0.717) is 10.6 Å². The largest absolute Gasteiger partial charge is 0.321 e. The van der Waals surface area contributed by atoms with E-state index in [9.17, 15) is 17.6 Å². The Morgan fingerprint density at radius 1 is 1.04 bits per heavy atom. The fourth-order valence-corrected chi connectivity index (χ4v) is 3.93. The molecule has 0 unspecified atom stereocenters. The average Bonchev–Trinajstić information content (AvgIpc) is 3.06. The molecule has 1 N–H and O–H groups in total. The van der Waals surface area contributed by atoms with Crippen molar-refractivity contribution in [1.82, 2.24) is 0 Å². The maximum atomic E-state index is 13.0. The van der Waals surface area contributed by atoms with E-state index in [0.717, 1.165) is 22.3 Å². The first kappa shape index (κ1) is 18.3. The monoisotopic (exact) mass is 389 g/mol. The van der Waals surface area contributed by atoms with Crippen LogP contribution in [0, 0.1) is 12.7 Å². The Kier molecular flexibility index (Phi) is 4.93. The van der Waals surface area contributed by atoms with E-state index in [-0.39, 0.29) is 16.6 Å². The van der Waals surface area contributed by atoms with Gasteiger partial charge >= 0.3 is 0 Å². The van der Waals surface area contributed by atoms with Crippen molar-refractivity contribution in [2.45, 2.75) is 11.8 Å². The smallest absolute Gasteiger partial charge is 0.265 e. The van der Waals surface area contributed by atoms with E-state index in [1.807, 2.05) is 0 Å². The number of amides is 1. The summed E-state index contributed by atoms with van der Waals surface area (Å²) in [6.07, 6.45) is 1.12. The lowest BCUT2D eigenvalue weighted by molar-refractivity contribution is 0.103. The molecule has 0 aliphatic rings. The molecule has 1 heterocycles. The highest BCUT2D eigenvalue weighted by Gasteiger charge is 2.14. The van der Waals surface area contributed by atoms with Crippen LogP contribution in [0.2, 0.25) is 0 Å². The SMILES string of the molecule is Cc1ccc(S(C)(=O)=O)cc1NC(=O)c1ccc(-c2ccc(F)cc2)s1. The maximum Gasteiger partial charge on any atom is 0.265 e. The molecule has 0 spiro atoms. The molecule has 0 bridgehead atoms. The van der Waals surface area contributed by atoms with Crippen molar-refractivity contribution in [3.05, 3.63) is 70.9 Å². The fraction of sp³-hybridized carbons (Fsp3) is 0.105. The van der Waals surface area contributed by atoms with Gasteiger partial charge in [0, 0.05) is 16.8 Å². The van der Waals surface area contributed by atoms with Crippen LogP contribution in [0.15, 0.2) is 59.5 Å². The summed E-state index contributed by atoms with van der Waals surface area (Å²) in [4.78, 5) is 14.0. The van der Waals surface area contributed by atoms with Crippen LogP contribution in [0.3, 0.4) is 0 Å². The molecule has 0 aliphatic heterocycles. The summed E-state index contributed by atoms with van der Waals surface area (Å²) in [5, 5.41) is 2.76. The van der Waals surface area contributed by atoms with Crippen molar-refractivity contribution >= 4 is 32.8 Å². The van der Waals surface area contributed by atoms with Crippen LogP contribution >= 0.6 is 11.3 Å². The number of anilines is 1. The molecule has 134 valence electrons. The Bertz CT molecular complexity index is 1070. The Morgan fingerprint density at radius 2 is 1.73 bits per heavy atom. The molecule has 1 amide bonds. The van der Waals surface area contributed by atoms with Crippen LogP contribution in [-0.4, -0.2) is 20.6 Å². The van der Waals surface area contributed by atoms with E-state index in [1.165, 1.54) is 35.6 Å². The van der Waals surface area contributed by atoms with Gasteiger partial charge in [0.25, 0.3) is 5.91 Å². The Hall–Kier alpha value is -2.51. The van der Waals surface area contributed by atoms with E-state index < -0.39 is 9.84 Å². The molecule has 7 heteroatoms. The first-order valence-corrected chi connectivity index (χ1v) is 10.4. The number of benzene rings is 2. The van der Waals surface area contributed by atoms with Crippen molar-refractivity contribution in [3.8, 4) is 10.4 Å². The normalized spacial score (nSPS) is 11.3. The van der Waals surface area contributed by atoms with Gasteiger partial charge in [-0.1, -0.05) is 18.2 Å². The Balaban J connectivity index is 1.84. The van der Waals surface area contributed by atoms with E-state index in [2.05, 4.69) is 5.32 Å². The number of aryl methyl sites for hydroxylation is 1. The highest BCUT2D eigenvalue weighted by molar-refractivity contribution is 7.90. The number of carbonyl (C=O) groups is 1. The number of thiophene rings is 1. The first-order chi connectivity index (χ1) is 12.2. The molecule has 1 aromatic heterocycles. The van der Waals surface area contributed by atoms with Gasteiger partial charge in [0.05, 0.1) is 9.77 Å². The van der Waals surface area contributed by atoms with E-state index >= 15 is 0 Å². The van der Waals surface area contributed by atoms with Gasteiger partial charge in [-0.15, -0.1) is 11.3 Å². The summed E-state index contributed by atoms with van der Waals surface area (Å²) >= 11 is 1.28. The van der Waals surface area contributed by atoms with Crippen LogP contribution in [0.4, 0.5) is 10.1 Å². The van der Waals surface area contributed by atoms with Crippen molar-refractivity contribution in [3.63, 3.8) is 0 Å². The number of nitrogens with one attached hydrogen (secondary N) is 1. The Morgan fingerprint density at radius 3 is 2.38 bits per heavy atom. The average molecular weight is 389 g/mol. The molecule has 26 heavy (non-hydrogen) atoms. The molecule has 3 rings (SSSR count). The zero-order valence-electron chi connectivity index (χ0n) is 14.1. The number of halogens is 1. The molecule has 0 saturated carbocycles. The summed E-state index contributed by atoms with van der Waals surface area (Å²) in [6, 6.07) is 14.2. The molecule has 0 radical (unpaired) electrons. The van der Waals surface area contributed by atoms with Gasteiger partial charge in [0.2, 0.25) is 0 Å². The van der Waals surface area contributed by atoms with Crippen LogP contribution in [0.1, 0.15) is 15.2 Å². The molecular weight excluding hydrogens is 373 g/mol. The van der Waals surface area contributed by atoms with Crippen molar-refractivity contribution in [2.24, 2.45) is 0 Å². The third-order valence-electron chi connectivity index (χ3n) is 3.84. The summed E-state index contributed by atoms with van der Waals surface area (Å²) < 4.78 is 36.4. The van der Waals surface area contributed by atoms with Gasteiger partial charge in [-0.2, -0.15) is 0 Å². The van der Waals surface area contributed by atoms with Gasteiger partial charge < -0.3 is 5.32 Å². The minimum Gasteiger partial charge on any atom is -0.321 e.